The van der Waals surface area contributed by atoms with Gasteiger partial charge in [-0.1, -0.05) is 0 Å². The first-order valence-electron chi connectivity index (χ1n) is 4.45. The zero-order valence-corrected chi connectivity index (χ0v) is 11.1. The van der Waals surface area contributed by atoms with Gasteiger partial charge in [-0.25, -0.2) is 0 Å². The Morgan fingerprint density at radius 3 is 2.07 bits per heavy atom. The Kier molecular flexibility index (Phi) is 6.89. The van der Waals surface area contributed by atoms with E-state index in [0.717, 1.165) is 6.42 Å². The predicted octanol–water partition coefficient (Wildman–Crippen LogP) is 1.29. The molecule has 0 aliphatic heterocycles. The Morgan fingerprint density at radius 1 is 1.21 bits per heavy atom. The van der Waals surface area contributed by atoms with Gasteiger partial charge in [-0.05, 0) is 0 Å². The monoisotopic (exact) mass is 276 g/mol. The maximum atomic E-state index is 11.0. The standard InChI is InChI=1S/C5H7O2.C4H8O2.Zr/c1-4(6)3-5(2)7;1-2-3-4(5)6;/h3H,1-2H3;2-3H2,1H3,(H,5,6);/q;;+1/p-1. The summed E-state index contributed by atoms with van der Waals surface area (Å²) in [5.41, 5.74) is 0. The fourth-order valence-corrected chi connectivity index (χ4v) is 2.51. The van der Waals surface area contributed by atoms with Crippen molar-refractivity contribution < 1.29 is 40.9 Å². The molecule has 0 rings (SSSR count). The Hall–Kier alpha value is -0.307. The second-order valence-electron chi connectivity index (χ2n) is 3.00. The topological polar surface area (TPSA) is 60.4 Å². The fraction of sp³-hybridized carbons (Fsp3) is 0.667. The van der Waals surface area contributed by atoms with E-state index >= 15 is 0 Å². The van der Waals surface area contributed by atoms with E-state index in [1.54, 1.807) is 0 Å². The molecule has 0 aliphatic carbocycles. The molecule has 0 amide bonds. The van der Waals surface area contributed by atoms with Crippen LogP contribution in [-0.4, -0.2) is 17.5 Å². The van der Waals surface area contributed by atoms with E-state index in [9.17, 15) is 14.4 Å². The van der Waals surface area contributed by atoms with Crippen molar-refractivity contribution in [2.24, 2.45) is 0 Å². The second-order valence-corrected chi connectivity index (χ2v) is 5.50. The van der Waals surface area contributed by atoms with Crippen LogP contribution in [0.5, 0.6) is 0 Å². The van der Waals surface area contributed by atoms with Gasteiger partial charge in [0.05, 0.1) is 0 Å². The number of ketones is 2. The van der Waals surface area contributed by atoms with Crippen molar-refractivity contribution in [1.29, 1.82) is 0 Å². The zero-order chi connectivity index (χ0) is 11.1. The summed E-state index contributed by atoms with van der Waals surface area (Å²) in [5, 5.41) is 0. The van der Waals surface area contributed by atoms with E-state index in [0.29, 0.717) is 6.42 Å². The summed E-state index contributed by atoms with van der Waals surface area (Å²) >= 11 is -1.67. The third-order valence-electron chi connectivity index (χ3n) is 1.56. The van der Waals surface area contributed by atoms with Gasteiger partial charge in [0.2, 0.25) is 0 Å². The van der Waals surface area contributed by atoms with Crippen molar-refractivity contribution in [2.45, 2.75) is 37.2 Å². The van der Waals surface area contributed by atoms with Crippen LogP contribution >= 0.6 is 0 Å². The Labute approximate surface area is 95.6 Å². The minimum atomic E-state index is -1.67. The van der Waals surface area contributed by atoms with Gasteiger partial charge in [0.1, 0.15) is 0 Å². The third-order valence-corrected chi connectivity index (χ3v) is 4.98. The normalized spacial score (nSPS) is 9.71. The van der Waals surface area contributed by atoms with E-state index in [2.05, 4.69) is 0 Å². The number of Topliss-reactive ketones (excluding diaryl/α,β-unsaturated/α-hetero) is 2. The molecule has 0 unspecified atom stereocenters. The number of carbonyl (C=O) groups excluding carboxylic acids is 3. The van der Waals surface area contributed by atoms with Gasteiger partial charge in [0.25, 0.3) is 0 Å². The van der Waals surface area contributed by atoms with E-state index in [-0.39, 0.29) is 17.5 Å². The van der Waals surface area contributed by atoms with Crippen LogP contribution in [0.25, 0.3) is 0 Å². The summed E-state index contributed by atoms with van der Waals surface area (Å²) in [6.45, 7) is 4.60. The molecule has 4 nitrogen and oxygen atoms in total. The molecule has 0 saturated carbocycles. The van der Waals surface area contributed by atoms with Gasteiger partial charge in [-0.3, -0.25) is 0 Å². The summed E-state index contributed by atoms with van der Waals surface area (Å²) in [6, 6.07) is 0. The first kappa shape index (κ1) is 13.7. The molecule has 0 N–H and O–H groups in total. The van der Waals surface area contributed by atoms with Crippen LogP contribution in [0.3, 0.4) is 0 Å². The molecule has 0 atom stereocenters. The SMILES string of the molecule is CCCC(=O)[O][Zr][CH](C(C)=O)C(C)=O. The fourth-order valence-electron chi connectivity index (χ4n) is 0.832. The van der Waals surface area contributed by atoms with Crippen LogP contribution in [0, 0.1) is 0 Å². The molecule has 14 heavy (non-hydrogen) atoms. The van der Waals surface area contributed by atoms with Crippen LogP contribution < -0.4 is 0 Å². The van der Waals surface area contributed by atoms with Gasteiger partial charge in [-0.15, -0.1) is 0 Å². The van der Waals surface area contributed by atoms with E-state index in [1.807, 2.05) is 6.92 Å². The molecule has 5 heteroatoms. The minimum absolute atomic E-state index is 0.187. The van der Waals surface area contributed by atoms with Gasteiger partial charge in [0.15, 0.2) is 0 Å². The molecule has 0 spiro atoms. The molecule has 0 radical (unpaired) electrons. The van der Waals surface area contributed by atoms with E-state index in [1.165, 1.54) is 13.8 Å². The average Bonchev–Trinajstić information content (AvgIpc) is 2.03. The van der Waals surface area contributed by atoms with Crippen molar-refractivity contribution >= 4 is 17.5 Å². The Bertz CT molecular complexity index is 223. The first-order valence-corrected chi connectivity index (χ1v) is 6.87. The molecular weight excluding hydrogens is 263 g/mol. The molecule has 0 heterocycles. The maximum absolute atomic E-state index is 11.0. The second kappa shape index (κ2) is 7.05. The summed E-state index contributed by atoms with van der Waals surface area (Å²) in [7, 11) is 0. The van der Waals surface area contributed by atoms with E-state index < -0.39 is 27.3 Å². The van der Waals surface area contributed by atoms with Gasteiger partial charge in [0, 0.05) is 0 Å². The molecule has 0 aromatic rings. The molecule has 0 fully saturated rings. The average molecular weight is 277 g/mol. The molecule has 0 aromatic carbocycles. The first-order chi connectivity index (χ1) is 6.49. The molecular formula is C9H14O4Zr. The zero-order valence-electron chi connectivity index (χ0n) is 8.62. The molecule has 0 bridgehead atoms. The Balaban J connectivity index is 4.01. The third kappa shape index (κ3) is 5.43. The molecule has 78 valence electrons. The van der Waals surface area contributed by atoms with E-state index in [4.69, 9.17) is 2.81 Å². The summed E-state index contributed by atoms with van der Waals surface area (Å²) in [6.07, 6.45) is 1.09. The number of carbonyl (C=O) groups is 3. The van der Waals surface area contributed by atoms with Gasteiger partial charge in [-0.2, -0.15) is 0 Å². The van der Waals surface area contributed by atoms with Crippen molar-refractivity contribution in [1.82, 2.24) is 0 Å². The number of hydrogen-bond acceptors (Lipinski definition) is 4. The van der Waals surface area contributed by atoms with Crippen LogP contribution in [0.2, 0.25) is 3.63 Å². The predicted molar refractivity (Wildman–Crippen MR) is 46.1 cm³/mol. The number of hydrogen-bond donors (Lipinski definition) is 0. The van der Waals surface area contributed by atoms with Crippen LogP contribution in [-0.2, 0) is 40.9 Å². The van der Waals surface area contributed by atoms with Crippen molar-refractivity contribution in [2.75, 3.05) is 0 Å². The molecule has 0 aromatic heterocycles. The number of rotatable bonds is 6. The van der Waals surface area contributed by atoms with Gasteiger partial charge >= 0.3 is 95.6 Å². The summed E-state index contributed by atoms with van der Waals surface area (Å²) in [5.74, 6) is -0.659. The molecule has 0 saturated heterocycles. The molecule has 0 aliphatic rings. The Morgan fingerprint density at radius 2 is 1.71 bits per heavy atom. The van der Waals surface area contributed by atoms with Gasteiger partial charge < -0.3 is 0 Å². The summed E-state index contributed by atoms with van der Waals surface area (Å²) < 4.78 is 4.33. The van der Waals surface area contributed by atoms with Crippen LogP contribution in [0.4, 0.5) is 0 Å². The van der Waals surface area contributed by atoms with Crippen molar-refractivity contribution in [3.63, 3.8) is 0 Å². The van der Waals surface area contributed by atoms with Crippen molar-refractivity contribution in [3.05, 3.63) is 0 Å². The van der Waals surface area contributed by atoms with Crippen LogP contribution in [0.1, 0.15) is 33.6 Å². The summed E-state index contributed by atoms with van der Waals surface area (Å²) in [4.78, 5) is 33.0. The van der Waals surface area contributed by atoms with Crippen molar-refractivity contribution in [3.8, 4) is 0 Å². The van der Waals surface area contributed by atoms with Crippen LogP contribution in [0.15, 0.2) is 0 Å². The quantitative estimate of drug-likeness (QED) is 0.687.